The van der Waals surface area contributed by atoms with Gasteiger partial charge in [-0.15, -0.1) is 11.3 Å². The maximum Gasteiger partial charge on any atom is 0.254 e. The Labute approximate surface area is 176 Å². The van der Waals surface area contributed by atoms with Gasteiger partial charge in [0.05, 0.1) is 10.7 Å². The van der Waals surface area contributed by atoms with Gasteiger partial charge in [-0.2, -0.15) is 0 Å². The van der Waals surface area contributed by atoms with Gasteiger partial charge >= 0.3 is 0 Å². The summed E-state index contributed by atoms with van der Waals surface area (Å²) < 4.78 is 0. The molecule has 5 nitrogen and oxygen atoms in total. The fourth-order valence-electron chi connectivity index (χ4n) is 3.98. The molecule has 0 unspecified atom stereocenters. The summed E-state index contributed by atoms with van der Waals surface area (Å²) in [4.78, 5) is 31.4. The number of aromatic nitrogens is 1. The SMILES string of the molecule is Cc1ccc(C(=O)N2CCC(c3nc(CCNC(=O)C4CC4)cs3)CC2)c(C)c1. The van der Waals surface area contributed by atoms with Crippen LogP contribution in [-0.2, 0) is 11.2 Å². The van der Waals surface area contributed by atoms with Crippen molar-refractivity contribution in [2.75, 3.05) is 19.6 Å². The van der Waals surface area contributed by atoms with Crippen LogP contribution in [0.2, 0.25) is 0 Å². The molecule has 0 radical (unpaired) electrons. The van der Waals surface area contributed by atoms with Crippen molar-refractivity contribution in [3.05, 3.63) is 51.0 Å². The smallest absolute Gasteiger partial charge is 0.254 e. The summed E-state index contributed by atoms with van der Waals surface area (Å²) in [6.07, 6.45) is 4.79. The summed E-state index contributed by atoms with van der Waals surface area (Å²) in [5, 5.41) is 6.30. The molecule has 154 valence electrons. The van der Waals surface area contributed by atoms with Crippen LogP contribution in [0.25, 0.3) is 0 Å². The van der Waals surface area contributed by atoms with Crippen LogP contribution in [-0.4, -0.2) is 41.3 Å². The summed E-state index contributed by atoms with van der Waals surface area (Å²) >= 11 is 1.72. The lowest BCUT2D eigenvalue weighted by atomic mass is 9.96. The zero-order valence-corrected chi connectivity index (χ0v) is 18.1. The van der Waals surface area contributed by atoms with Crippen LogP contribution < -0.4 is 5.32 Å². The van der Waals surface area contributed by atoms with Gasteiger partial charge < -0.3 is 10.2 Å². The van der Waals surface area contributed by atoms with E-state index in [0.29, 0.717) is 12.5 Å². The van der Waals surface area contributed by atoms with Crippen molar-refractivity contribution in [2.24, 2.45) is 5.92 Å². The third kappa shape index (κ3) is 4.86. The number of likely N-dealkylation sites (tertiary alicyclic amines) is 1. The number of thiazole rings is 1. The average molecular weight is 412 g/mol. The maximum absolute atomic E-state index is 12.9. The van der Waals surface area contributed by atoms with Gasteiger partial charge in [0, 0.05) is 48.8 Å². The summed E-state index contributed by atoms with van der Waals surface area (Å²) in [7, 11) is 0. The number of carbonyl (C=O) groups excluding carboxylic acids is 2. The van der Waals surface area contributed by atoms with E-state index < -0.39 is 0 Å². The van der Waals surface area contributed by atoms with Gasteiger partial charge in [-0.3, -0.25) is 9.59 Å². The summed E-state index contributed by atoms with van der Waals surface area (Å²) in [5.74, 6) is 1.03. The largest absolute Gasteiger partial charge is 0.355 e. The Bertz CT molecular complexity index is 895. The second-order valence-corrected chi connectivity index (χ2v) is 9.27. The molecule has 2 heterocycles. The molecular formula is C23H29N3O2S. The van der Waals surface area contributed by atoms with Crippen molar-refractivity contribution in [3.63, 3.8) is 0 Å². The minimum Gasteiger partial charge on any atom is -0.355 e. The van der Waals surface area contributed by atoms with Crippen molar-refractivity contribution >= 4 is 23.2 Å². The molecule has 1 aliphatic heterocycles. The molecule has 0 atom stereocenters. The number of piperidine rings is 1. The van der Waals surface area contributed by atoms with Crippen molar-refractivity contribution < 1.29 is 9.59 Å². The molecule has 1 saturated heterocycles. The van der Waals surface area contributed by atoms with E-state index in [9.17, 15) is 9.59 Å². The highest BCUT2D eigenvalue weighted by atomic mass is 32.1. The van der Waals surface area contributed by atoms with E-state index in [1.54, 1.807) is 11.3 Å². The van der Waals surface area contributed by atoms with Crippen LogP contribution in [0, 0.1) is 19.8 Å². The van der Waals surface area contributed by atoms with E-state index in [0.717, 1.165) is 62.0 Å². The van der Waals surface area contributed by atoms with Gasteiger partial charge in [0.25, 0.3) is 5.91 Å². The van der Waals surface area contributed by atoms with Gasteiger partial charge in [0.1, 0.15) is 0 Å². The van der Waals surface area contributed by atoms with E-state index >= 15 is 0 Å². The Balaban J connectivity index is 1.27. The van der Waals surface area contributed by atoms with Crippen molar-refractivity contribution in [1.82, 2.24) is 15.2 Å². The van der Waals surface area contributed by atoms with Crippen LogP contribution in [0.1, 0.15) is 63.8 Å². The Hall–Kier alpha value is -2.21. The molecule has 2 aromatic rings. The number of nitrogens with zero attached hydrogens (tertiary/aromatic N) is 2. The zero-order chi connectivity index (χ0) is 20.4. The zero-order valence-electron chi connectivity index (χ0n) is 17.2. The fraction of sp³-hybridized carbons (Fsp3) is 0.522. The normalized spacial score (nSPS) is 17.4. The van der Waals surface area contributed by atoms with Crippen molar-refractivity contribution in [3.8, 4) is 0 Å². The first kappa shape index (κ1) is 20.1. The molecule has 2 aliphatic rings. The molecule has 6 heteroatoms. The molecule has 2 amide bonds. The third-order valence-electron chi connectivity index (χ3n) is 5.94. The molecule has 0 spiro atoms. The molecule has 0 bridgehead atoms. The number of hydrogen-bond acceptors (Lipinski definition) is 4. The number of aryl methyl sites for hydroxylation is 2. The first-order valence-corrected chi connectivity index (χ1v) is 11.5. The molecule has 4 rings (SSSR count). The van der Waals surface area contributed by atoms with E-state index in [-0.39, 0.29) is 17.7 Å². The molecule has 1 aromatic carbocycles. The fourth-order valence-corrected chi connectivity index (χ4v) is 5.01. The molecular weight excluding hydrogens is 382 g/mol. The van der Waals surface area contributed by atoms with Crippen LogP contribution in [0.4, 0.5) is 0 Å². The lowest BCUT2D eigenvalue weighted by Crippen LogP contribution is -2.38. The number of hydrogen-bond donors (Lipinski definition) is 1. The van der Waals surface area contributed by atoms with Gasteiger partial charge in [0.2, 0.25) is 5.91 Å². The first-order chi connectivity index (χ1) is 14.0. The Morgan fingerprint density at radius 2 is 1.93 bits per heavy atom. The van der Waals surface area contributed by atoms with E-state index in [2.05, 4.69) is 23.7 Å². The number of rotatable bonds is 6. The molecule has 1 N–H and O–H groups in total. The Kier molecular flexibility index (Phi) is 5.99. The molecule has 1 saturated carbocycles. The standard InChI is InChI=1S/C23H29N3O2S/c1-15-3-6-20(16(2)13-15)23(28)26-11-8-18(9-12-26)22-25-19(14-29-22)7-10-24-21(27)17-4-5-17/h3,6,13-14,17-18H,4-5,7-12H2,1-2H3,(H,24,27). The second-order valence-electron chi connectivity index (χ2n) is 8.38. The highest BCUT2D eigenvalue weighted by Crippen LogP contribution is 2.31. The third-order valence-corrected chi connectivity index (χ3v) is 7.00. The predicted octanol–water partition coefficient (Wildman–Crippen LogP) is 3.85. The van der Waals surface area contributed by atoms with E-state index in [1.807, 2.05) is 24.0 Å². The van der Waals surface area contributed by atoms with Gasteiger partial charge in [-0.05, 0) is 51.2 Å². The monoisotopic (exact) mass is 411 g/mol. The lowest BCUT2D eigenvalue weighted by Gasteiger charge is -2.31. The van der Waals surface area contributed by atoms with Crippen molar-refractivity contribution in [1.29, 1.82) is 0 Å². The Morgan fingerprint density at radius 3 is 2.62 bits per heavy atom. The maximum atomic E-state index is 12.9. The highest BCUT2D eigenvalue weighted by Gasteiger charge is 2.29. The van der Waals surface area contributed by atoms with Crippen LogP contribution in [0.3, 0.4) is 0 Å². The summed E-state index contributed by atoms with van der Waals surface area (Å²) in [6.45, 7) is 6.29. The molecule has 1 aromatic heterocycles. The van der Waals surface area contributed by atoms with Gasteiger partial charge in [-0.25, -0.2) is 4.98 Å². The van der Waals surface area contributed by atoms with E-state index in [4.69, 9.17) is 4.98 Å². The van der Waals surface area contributed by atoms with Crippen LogP contribution in [0.5, 0.6) is 0 Å². The second kappa shape index (κ2) is 8.66. The summed E-state index contributed by atoms with van der Waals surface area (Å²) in [5.41, 5.74) is 4.12. The van der Waals surface area contributed by atoms with Gasteiger partial charge in [-0.1, -0.05) is 17.7 Å². The molecule has 2 fully saturated rings. The van der Waals surface area contributed by atoms with Crippen LogP contribution >= 0.6 is 11.3 Å². The average Bonchev–Trinajstić information content (AvgIpc) is 3.46. The first-order valence-electron chi connectivity index (χ1n) is 10.6. The molecule has 29 heavy (non-hydrogen) atoms. The molecule has 1 aliphatic carbocycles. The number of benzene rings is 1. The number of amides is 2. The highest BCUT2D eigenvalue weighted by molar-refractivity contribution is 7.09. The lowest BCUT2D eigenvalue weighted by molar-refractivity contribution is -0.122. The number of carbonyl (C=O) groups is 2. The topological polar surface area (TPSA) is 62.3 Å². The van der Waals surface area contributed by atoms with Crippen molar-refractivity contribution in [2.45, 2.75) is 51.9 Å². The summed E-state index contributed by atoms with van der Waals surface area (Å²) in [6, 6.07) is 6.04. The Morgan fingerprint density at radius 1 is 1.17 bits per heavy atom. The minimum atomic E-state index is 0.146. The van der Waals surface area contributed by atoms with Crippen LogP contribution in [0.15, 0.2) is 23.6 Å². The number of nitrogens with one attached hydrogen (secondary N) is 1. The quantitative estimate of drug-likeness (QED) is 0.785. The minimum absolute atomic E-state index is 0.146. The van der Waals surface area contributed by atoms with E-state index in [1.165, 1.54) is 10.6 Å². The van der Waals surface area contributed by atoms with Gasteiger partial charge in [0.15, 0.2) is 0 Å². The predicted molar refractivity (Wildman–Crippen MR) is 115 cm³/mol.